The molecule has 0 aliphatic carbocycles. The number of rotatable bonds is 1. The summed E-state index contributed by atoms with van der Waals surface area (Å²) in [6, 6.07) is 5.73. The summed E-state index contributed by atoms with van der Waals surface area (Å²) in [6.07, 6.45) is 0. The van der Waals surface area contributed by atoms with Crippen LogP contribution in [0.4, 0.5) is 0 Å². The van der Waals surface area contributed by atoms with Crippen LogP contribution in [0.5, 0.6) is 5.75 Å². The van der Waals surface area contributed by atoms with Gasteiger partial charge in [0.2, 0.25) is 0 Å². The van der Waals surface area contributed by atoms with Gasteiger partial charge in [0.15, 0.2) is 0 Å². The van der Waals surface area contributed by atoms with E-state index in [9.17, 15) is 0 Å². The zero-order chi connectivity index (χ0) is 7.56. The molecule has 0 aliphatic rings. The summed E-state index contributed by atoms with van der Waals surface area (Å²) in [6.45, 7) is 3.79. The van der Waals surface area contributed by atoms with Crippen molar-refractivity contribution in [2.45, 2.75) is 0 Å². The Hall–Kier alpha value is -1.63. The van der Waals surface area contributed by atoms with E-state index in [0.717, 1.165) is 15.8 Å². The molecule has 62 valence electrons. The van der Waals surface area contributed by atoms with E-state index in [4.69, 9.17) is 4.74 Å². The average Bonchev–Trinajstić information content (AvgIpc) is 1.94. The standard InChI is InChI=1S/C8H8BrO.Cm/c1-6-3-4-7(9)5-8(6)10-2;/h3-5H,1H2,2H3;/q-1;. The minimum absolute atomic E-state index is 0. The zero-order valence-corrected chi connectivity index (χ0v) is 10.6. The van der Waals surface area contributed by atoms with Crippen LogP contribution in [0.1, 0.15) is 5.56 Å². The zero-order valence-electron chi connectivity index (χ0n) is 6.08. The Bertz CT molecular complexity index is 238. The third-order valence-corrected chi connectivity index (χ3v) is 1.74. The molecule has 0 amide bonds. The minimum atomic E-state index is 0. The van der Waals surface area contributed by atoms with Gasteiger partial charge in [0.1, 0.15) is 0 Å². The second-order valence-corrected chi connectivity index (χ2v) is 2.87. The monoisotopic (exact) mass is 442 g/mol. The van der Waals surface area contributed by atoms with Gasteiger partial charge in [-0.3, -0.25) is 0 Å². The van der Waals surface area contributed by atoms with Crippen LogP contribution >= 0.6 is 15.9 Å². The van der Waals surface area contributed by atoms with Crippen LogP contribution in [-0.2, 0) is 0 Å². The van der Waals surface area contributed by atoms with E-state index in [1.165, 1.54) is 0 Å². The van der Waals surface area contributed by atoms with E-state index in [2.05, 4.69) is 22.9 Å². The van der Waals surface area contributed by atoms with Crippen molar-refractivity contribution in [3.8, 4) is 5.75 Å². The first-order chi connectivity index (χ1) is 4.74. The first-order valence-electron chi connectivity index (χ1n) is 2.89. The Labute approximate surface area is 69.1 Å². The molecule has 0 saturated heterocycles. The van der Waals surface area contributed by atoms with Gasteiger partial charge in [-0.15, -0.1) is 6.07 Å². The Kier molecular flexibility index (Phi) is 3.00. The van der Waals surface area contributed by atoms with E-state index in [-0.39, 0.29) is 0 Å². The van der Waals surface area contributed by atoms with Crippen molar-refractivity contribution in [3.05, 3.63) is 35.2 Å². The van der Waals surface area contributed by atoms with Gasteiger partial charge in [0.25, 0.3) is 0 Å². The predicted molar refractivity (Wildman–Crippen MR) is 45.2 cm³/mol. The Balaban J connectivity index is 0.000001000. The first kappa shape index (κ1) is 9.37. The van der Waals surface area contributed by atoms with Gasteiger partial charge < -0.3 is 4.74 Å². The fourth-order valence-corrected chi connectivity index (χ4v) is 1.06. The molecule has 1 aromatic carbocycles. The topological polar surface area (TPSA) is 9.23 Å². The smallest absolute Gasteiger partial charge is 0.0607 e. The van der Waals surface area contributed by atoms with Gasteiger partial charge in [-0.05, 0) is 4.47 Å². The molecule has 0 radical (unpaired) electrons. The molecule has 0 saturated carbocycles. The second-order valence-electron chi connectivity index (χ2n) is 1.96. The van der Waals surface area contributed by atoms with Crippen molar-refractivity contribution in [2.75, 3.05) is 7.11 Å². The van der Waals surface area contributed by atoms with Gasteiger partial charge in [-0.2, -0.15) is 18.6 Å². The van der Waals surface area contributed by atoms with Gasteiger partial charge in [0, 0.05) is 5.75 Å². The maximum Gasteiger partial charge on any atom is 0.0607 e. The van der Waals surface area contributed by atoms with Crippen LogP contribution in [0.3, 0.4) is 0 Å². The maximum absolute atomic E-state index is 5.03. The molecule has 0 atom stereocenters. The van der Waals surface area contributed by atoms with E-state index in [1.807, 2.05) is 18.2 Å². The fraction of sp³-hybridized carbons (Fsp3) is 0.125. The second kappa shape index (κ2) is 3.52. The molecule has 0 heterocycles. The van der Waals surface area contributed by atoms with Crippen molar-refractivity contribution >= 4 is 15.9 Å². The molecule has 0 N–H and O–H groups in total. The average molecular weight is 447 g/mol. The molecule has 0 aliphatic heterocycles. The van der Waals surface area contributed by atoms with Crippen LogP contribution in [0, 0.1) is 6.92 Å². The summed E-state index contributed by atoms with van der Waals surface area (Å²) in [7, 11) is 1.64. The summed E-state index contributed by atoms with van der Waals surface area (Å²) in [4.78, 5) is 0. The van der Waals surface area contributed by atoms with Crippen molar-refractivity contribution in [3.63, 3.8) is 0 Å². The summed E-state index contributed by atoms with van der Waals surface area (Å²) in [5.74, 6) is 0.814. The fourth-order valence-electron chi connectivity index (χ4n) is 0.718. The third kappa shape index (κ3) is 1.90. The number of benzene rings is 1. The molecule has 1 nitrogen and oxygen atoms in total. The molecular formula is C8H8BrCmO-. The third-order valence-electron chi connectivity index (χ3n) is 1.25. The quantitative estimate of drug-likeness (QED) is 0.602. The summed E-state index contributed by atoms with van der Waals surface area (Å²) >= 11 is 3.33. The number of methoxy groups -OCH3 is 1. The number of halogens is 1. The summed E-state index contributed by atoms with van der Waals surface area (Å²) in [5, 5.41) is 0. The number of ether oxygens (including phenoxy) is 1. The van der Waals surface area contributed by atoms with E-state index >= 15 is 0 Å². The number of hydrogen-bond acceptors (Lipinski definition) is 1. The predicted octanol–water partition coefficient (Wildman–Crippen LogP) is 2.64. The van der Waals surface area contributed by atoms with Crippen molar-refractivity contribution in [1.82, 2.24) is 0 Å². The molecular weight excluding hydrogens is 439 g/mol. The summed E-state index contributed by atoms with van der Waals surface area (Å²) < 4.78 is 6.04. The molecule has 0 bridgehead atoms. The molecule has 0 fully saturated rings. The van der Waals surface area contributed by atoms with E-state index < -0.39 is 0 Å². The molecule has 3 heteroatoms. The Morgan fingerprint density at radius 2 is 2.09 bits per heavy atom. The van der Waals surface area contributed by atoms with Gasteiger partial charge >= 0.3 is 0 Å². The van der Waals surface area contributed by atoms with Crippen molar-refractivity contribution in [1.29, 1.82) is 0 Å². The van der Waals surface area contributed by atoms with Crippen LogP contribution < -0.4 is 4.74 Å². The molecule has 1 rings (SSSR count). The SMILES string of the molecule is [CH2-]c1ccc(Br)cc1OC.[Cm]. The molecule has 11 heavy (non-hydrogen) atoms. The van der Waals surface area contributed by atoms with Crippen LogP contribution in [0.25, 0.3) is 0 Å². The van der Waals surface area contributed by atoms with E-state index in [1.54, 1.807) is 7.11 Å². The summed E-state index contributed by atoms with van der Waals surface area (Å²) in [5.41, 5.74) is 0.908. The Morgan fingerprint density at radius 1 is 1.45 bits per heavy atom. The molecule has 0 unspecified atom stereocenters. The van der Waals surface area contributed by atoms with Crippen molar-refractivity contribution in [2.24, 2.45) is 0 Å². The normalized spacial score (nSPS) is 8.55. The molecule has 0 spiro atoms. The molecule has 0 aromatic heterocycles. The van der Waals surface area contributed by atoms with E-state index in [0.29, 0.717) is 0 Å². The number of hydrogen-bond donors (Lipinski definition) is 0. The largest absolute Gasteiger partial charge is 0.554 e. The van der Waals surface area contributed by atoms with Gasteiger partial charge in [-0.1, -0.05) is 22.0 Å². The van der Waals surface area contributed by atoms with Gasteiger partial charge in [0.05, 0.1) is 7.11 Å². The van der Waals surface area contributed by atoms with Crippen LogP contribution in [-0.4, -0.2) is 7.11 Å². The maximum atomic E-state index is 5.03. The van der Waals surface area contributed by atoms with Crippen LogP contribution in [0.15, 0.2) is 22.7 Å². The minimum Gasteiger partial charge on any atom is -0.554 e. The van der Waals surface area contributed by atoms with Crippen molar-refractivity contribution < 1.29 is 4.74 Å². The van der Waals surface area contributed by atoms with Crippen LogP contribution in [0.2, 0.25) is 0 Å². The Morgan fingerprint density at radius 3 is 2.55 bits per heavy atom. The molecule has 1 aromatic rings. The van der Waals surface area contributed by atoms with Gasteiger partial charge in [-0.25, -0.2) is 0 Å². The first-order valence-corrected chi connectivity index (χ1v) is 3.69.